The zero-order valence-corrected chi connectivity index (χ0v) is 29.3. The van der Waals surface area contributed by atoms with Crippen LogP contribution < -0.4 is 4.90 Å². The van der Waals surface area contributed by atoms with Gasteiger partial charge in [0.25, 0.3) is 0 Å². The fourth-order valence-corrected chi connectivity index (χ4v) is 6.31. The molecule has 3 aromatic heterocycles. The van der Waals surface area contributed by atoms with Gasteiger partial charge in [0, 0.05) is 24.8 Å². The van der Waals surface area contributed by atoms with E-state index in [1.165, 1.54) is 6.20 Å². The molecular weight excluding hydrogens is 698 g/mol. The van der Waals surface area contributed by atoms with Gasteiger partial charge in [0.2, 0.25) is 5.78 Å². The number of anilines is 1. The Bertz CT molecular complexity index is 1800. The van der Waals surface area contributed by atoms with Crippen LogP contribution in [0.25, 0.3) is 11.3 Å². The van der Waals surface area contributed by atoms with Crippen LogP contribution in [0.15, 0.2) is 41.1 Å². The number of morpholine rings is 1. The summed E-state index contributed by atoms with van der Waals surface area (Å²) in [6, 6.07) is 4.46. The van der Waals surface area contributed by atoms with Crippen LogP contribution in [0.3, 0.4) is 0 Å². The minimum Gasteiger partial charge on any atom is -0.411 e. The molecule has 49 heavy (non-hydrogen) atoms. The quantitative estimate of drug-likeness (QED) is 0.0806. The van der Waals surface area contributed by atoms with Crippen molar-refractivity contribution in [2.24, 2.45) is 0 Å². The molecule has 0 atom stereocenters. The Morgan fingerprint density at radius 2 is 1.63 bits per heavy atom. The minimum atomic E-state index is -5.05. The zero-order chi connectivity index (χ0) is 35.9. The lowest BCUT2D eigenvalue weighted by atomic mass is 9.94. The molecule has 1 saturated heterocycles. The maximum Gasteiger partial charge on any atom is 0.416 e. The number of ether oxygens (including phenoxy) is 1. The van der Waals surface area contributed by atoms with Gasteiger partial charge in [-0.05, 0) is 54.8 Å². The number of nitrogens with zero attached hydrogens (tertiary/aromatic N) is 6. The molecule has 0 saturated carbocycles. The van der Waals surface area contributed by atoms with Gasteiger partial charge in [-0.1, -0.05) is 42.7 Å². The van der Waals surface area contributed by atoms with Gasteiger partial charge in [-0.25, -0.2) is 9.67 Å². The first kappa shape index (κ1) is 36.5. The Morgan fingerprint density at radius 3 is 2.20 bits per heavy atom. The van der Waals surface area contributed by atoms with E-state index in [1.807, 2.05) is 20.8 Å². The molecule has 4 heterocycles. The number of halogens is 7. The van der Waals surface area contributed by atoms with Crippen LogP contribution >= 0.6 is 11.6 Å². The highest BCUT2D eigenvalue weighted by molar-refractivity contribution is 6.32. The normalized spacial score (nSPS) is 15.1. The van der Waals surface area contributed by atoms with Crippen molar-refractivity contribution in [1.29, 1.82) is 0 Å². The van der Waals surface area contributed by atoms with E-state index in [-0.39, 0.29) is 82.2 Å². The first-order valence-electron chi connectivity index (χ1n) is 15.1. The molecule has 1 aromatic carbocycles. The Balaban J connectivity index is 1.67. The molecule has 0 radical (unpaired) electrons. The molecule has 0 unspecified atom stereocenters. The largest absolute Gasteiger partial charge is 0.416 e. The maximum atomic E-state index is 14.7. The lowest BCUT2D eigenvalue weighted by Gasteiger charge is -2.30. The highest BCUT2D eigenvalue weighted by atomic mass is 35.5. The van der Waals surface area contributed by atoms with Gasteiger partial charge in [-0.3, -0.25) is 4.79 Å². The highest BCUT2D eigenvalue weighted by Gasteiger charge is 2.40. The molecule has 1 aliphatic rings. The Hall–Kier alpha value is -3.80. The van der Waals surface area contributed by atoms with Gasteiger partial charge in [-0.15, -0.1) is 5.10 Å². The third-order valence-corrected chi connectivity index (χ3v) is 9.59. The number of rotatable bonds is 9. The van der Waals surface area contributed by atoms with E-state index in [9.17, 15) is 31.1 Å². The lowest BCUT2D eigenvalue weighted by molar-refractivity contribution is -0.143. The number of alkyl halides is 6. The summed E-state index contributed by atoms with van der Waals surface area (Å²) in [5.74, 6) is -0.593. The number of aromatic nitrogens is 5. The fourth-order valence-electron chi connectivity index (χ4n) is 5.17. The highest BCUT2D eigenvalue weighted by Crippen LogP contribution is 2.40. The van der Waals surface area contributed by atoms with Gasteiger partial charge < -0.3 is 18.6 Å². The maximum absolute atomic E-state index is 14.7. The third kappa shape index (κ3) is 8.16. The van der Waals surface area contributed by atoms with E-state index in [4.69, 9.17) is 25.3 Å². The predicted octanol–water partition coefficient (Wildman–Crippen LogP) is 6.69. The van der Waals surface area contributed by atoms with E-state index < -0.39 is 51.2 Å². The van der Waals surface area contributed by atoms with E-state index in [0.29, 0.717) is 12.1 Å². The molecule has 0 N–H and O–H groups in total. The molecule has 18 heteroatoms. The van der Waals surface area contributed by atoms with E-state index >= 15 is 0 Å². The molecule has 1 fully saturated rings. The summed E-state index contributed by atoms with van der Waals surface area (Å²) in [4.78, 5) is 20.5. The average molecular weight is 731 g/mol. The van der Waals surface area contributed by atoms with Crippen LogP contribution in [0.1, 0.15) is 73.1 Å². The van der Waals surface area contributed by atoms with Crippen molar-refractivity contribution in [1.82, 2.24) is 25.1 Å². The molecule has 0 amide bonds. The van der Waals surface area contributed by atoms with Gasteiger partial charge in [0.1, 0.15) is 16.4 Å². The van der Waals surface area contributed by atoms with Gasteiger partial charge in [0.05, 0.1) is 36.4 Å². The van der Waals surface area contributed by atoms with Crippen LogP contribution in [0.5, 0.6) is 0 Å². The summed E-state index contributed by atoms with van der Waals surface area (Å²) < 4.78 is 101. The topological polar surface area (TPSA) is 108 Å². The minimum absolute atomic E-state index is 0.0289. The molecule has 264 valence electrons. The second-order valence-corrected chi connectivity index (χ2v) is 16.3. The van der Waals surface area contributed by atoms with E-state index in [2.05, 4.69) is 20.5 Å². The van der Waals surface area contributed by atoms with Crippen molar-refractivity contribution in [3.05, 3.63) is 75.4 Å². The number of hydrogen-bond donors (Lipinski definition) is 0. The summed E-state index contributed by atoms with van der Waals surface area (Å²) in [5.41, 5.74) is -4.44. The van der Waals surface area contributed by atoms with E-state index in [1.54, 1.807) is 30.9 Å². The number of hydrogen-bond acceptors (Lipinski definition) is 9. The average Bonchev–Trinajstić information content (AvgIpc) is 3.65. The molecule has 1 aliphatic heterocycles. The van der Waals surface area contributed by atoms with Gasteiger partial charge >= 0.3 is 12.4 Å². The van der Waals surface area contributed by atoms with E-state index in [0.717, 1.165) is 4.68 Å². The molecule has 4 aromatic rings. The van der Waals surface area contributed by atoms with Crippen LogP contribution in [-0.4, -0.2) is 67.0 Å². The molecule has 0 bridgehead atoms. The Kier molecular flexibility index (Phi) is 10.0. The standard InChI is InChI=1S/C31H33ClF6N6O4Si/c1-28(2,3)49-48-29(4,5)25-21(22(41-47-25)20-7-6-8-39-26(20)32)24(45)23-27(43-9-11-46-12-10-43)44(42-40-23)16-17-13-18(30(33,34)35)15-19(14-17)31(36,37)38/h6-8,13-15H,9-12,16,49H2,1-5H3. The summed E-state index contributed by atoms with van der Waals surface area (Å²) in [5, 5.41) is 12.3. The SMILES string of the molecule is CC(C)(C)[SiH2]OC(C)(C)c1onc(-c2cccnc2Cl)c1C(=O)c1nnn(Cc2cc(C(F)(F)F)cc(C(F)(F)F)c2)c1N1CCOCC1. The summed E-state index contributed by atoms with van der Waals surface area (Å²) in [6.07, 6.45) is -8.64. The zero-order valence-electron chi connectivity index (χ0n) is 27.2. The van der Waals surface area contributed by atoms with Gasteiger partial charge in [-0.2, -0.15) is 26.3 Å². The first-order valence-corrected chi connectivity index (χ1v) is 16.8. The number of pyridine rings is 1. The number of benzene rings is 1. The second-order valence-electron chi connectivity index (χ2n) is 13.2. The van der Waals surface area contributed by atoms with Crippen LogP contribution in [0.4, 0.5) is 32.2 Å². The first-order chi connectivity index (χ1) is 22.8. The molecular formula is C31H33ClF6N6O4Si. The van der Waals surface area contributed by atoms with Crippen LogP contribution in [0, 0.1) is 0 Å². The molecule has 0 spiro atoms. The Morgan fingerprint density at radius 1 is 1.00 bits per heavy atom. The summed E-state index contributed by atoms with van der Waals surface area (Å²) in [6.45, 7) is 9.88. The van der Waals surface area contributed by atoms with Crippen molar-refractivity contribution >= 4 is 33.0 Å². The molecule has 0 aliphatic carbocycles. The predicted molar refractivity (Wildman–Crippen MR) is 169 cm³/mol. The van der Waals surface area contributed by atoms with Crippen LogP contribution in [-0.2, 0) is 33.7 Å². The van der Waals surface area contributed by atoms with Crippen molar-refractivity contribution < 1.29 is 44.8 Å². The van der Waals surface area contributed by atoms with Crippen molar-refractivity contribution in [2.75, 3.05) is 31.2 Å². The lowest BCUT2D eigenvalue weighted by Crippen LogP contribution is -2.38. The monoisotopic (exact) mass is 730 g/mol. The third-order valence-electron chi connectivity index (χ3n) is 7.56. The van der Waals surface area contributed by atoms with Crippen molar-refractivity contribution in [3.8, 4) is 11.3 Å². The van der Waals surface area contributed by atoms with Crippen molar-refractivity contribution in [2.45, 2.75) is 64.2 Å². The van der Waals surface area contributed by atoms with Crippen molar-refractivity contribution in [3.63, 3.8) is 0 Å². The summed E-state index contributed by atoms with van der Waals surface area (Å²) in [7, 11) is -1.20. The fraction of sp³-hybridized carbons (Fsp3) is 0.452. The molecule has 5 rings (SSSR count). The Labute approximate surface area is 284 Å². The smallest absolute Gasteiger partial charge is 0.411 e. The van der Waals surface area contributed by atoms with Gasteiger partial charge in [0.15, 0.2) is 27.0 Å². The van der Waals surface area contributed by atoms with Crippen LogP contribution in [0.2, 0.25) is 10.2 Å². The number of carbonyl (C=O) groups is 1. The summed E-state index contributed by atoms with van der Waals surface area (Å²) >= 11 is 6.42. The number of carbonyl (C=O) groups excluding carboxylic acids is 1. The second kappa shape index (κ2) is 13.5. The molecule has 10 nitrogen and oxygen atoms in total. The number of ketones is 1.